The van der Waals surface area contributed by atoms with Crippen LogP contribution in [0.2, 0.25) is 0 Å². The van der Waals surface area contributed by atoms with E-state index in [1.807, 2.05) is 0 Å². The molecule has 1 N–H and O–H groups in total. The third-order valence-corrected chi connectivity index (χ3v) is 4.19. The van der Waals surface area contributed by atoms with Gasteiger partial charge in [-0.05, 0) is 24.3 Å². The Bertz CT molecular complexity index is 895. The Morgan fingerprint density at radius 3 is 2.81 bits per heavy atom. The average Bonchev–Trinajstić information content (AvgIpc) is 3.11. The molecule has 2 aromatic rings. The van der Waals surface area contributed by atoms with Crippen LogP contribution in [0.4, 0.5) is 5.69 Å². The number of terminal acetylenes is 1. The number of nitro benzene ring substituents is 1. The summed E-state index contributed by atoms with van der Waals surface area (Å²) in [6.45, 7) is -0.355. The van der Waals surface area contributed by atoms with E-state index in [0.29, 0.717) is 15.3 Å². The molecule has 132 valence electrons. The van der Waals surface area contributed by atoms with Gasteiger partial charge in [-0.25, -0.2) is 4.79 Å². The molecule has 8 heteroatoms. The van der Waals surface area contributed by atoms with Crippen molar-refractivity contribution in [2.75, 3.05) is 13.2 Å². The molecule has 0 saturated carbocycles. The Labute approximate surface area is 153 Å². The number of hydrogen-bond donors (Lipinski definition) is 1. The first-order valence-corrected chi connectivity index (χ1v) is 8.21. The number of para-hydroxylation sites is 1. The maximum Gasteiger partial charge on any atom is 0.331 e. The molecule has 2 rings (SSSR count). The van der Waals surface area contributed by atoms with Gasteiger partial charge < -0.3 is 10.1 Å². The minimum Gasteiger partial charge on any atom is -0.452 e. The number of carbonyl (C=O) groups is 2. The highest BCUT2D eigenvalue weighted by Gasteiger charge is 2.15. The first kappa shape index (κ1) is 18.9. The van der Waals surface area contributed by atoms with E-state index in [2.05, 4.69) is 11.2 Å². The number of ether oxygens (including phenoxy) is 1. The van der Waals surface area contributed by atoms with E-state index in [4.69, 9.17) is 11.2 Å². The molecule has 0 aliphatic carbocycles. The Morgan fingerprint density at radius 2 is 2.08 bits per heavy atom. The Balaban J connectivity index is 1.99. The van der Waals surface area contributed by atoms with Gasteiger partial charge >= 0.3 is 5.97 Å². The molecule has 1 aromatic heterocycles. The molecule has 0 radical (unpaired) electrons. The number of nitrogens with zero attached hydrogens (tertiary/aromatic N) is 1. The molecule has 26 heavy (non-hydrogen) atoms. The summed E-state index contributed by atoms with van der Waals surface area (Å²) in [5, 5.41) is 13.5. The van der Waals surface area contributed by atoms with Gasteiger partial charge in [-0.3, -0.25) is 14.9 Å². The fourth-order valence-corrected chi connectivity index (χ4v) is 2.91. The zero-order chi connectivity index (χ0) is 18.9. The molecule has 1 aromatic carbocycles. The van der Waals surface area contributed by atoms with Gasteiger partial charge in [0.15, 0.2) is 6.61 Å². The van der Waals surface area contributed by atoms with Crippen molar-refractivity contribution in [1.29, 1.82) is 0 Å². The van der Waals surface area contributed by atoms with Crippen molar-refractivity contribution < 1.29 is 19.2 Å². The van der Waals surface area contributed by atoms with E-state index < -0.39 is 23.4 Å². The van der Waals surface area contributed by atoms with Gasteiger partial charge in [-0.1, -0.05) is 18.1 Å². The molecule has 0 fully saturated rings. The number of thiophene rings is 1. The van der Waals surface area contributed by atoms with Crippen LogP contribution >= 0.6 is 11.3 Å². The number of esters is 1. The topological polar surface area (TPSA) is 98.5 Å². The van der Waals surface area contributed by atoms with E-state index in [9.17, 15) is 19.7 Å². The normalized spacial score (nSPS) is 10.3. The molecular weight excluding hydrogens is 356 g/mol. The van der Waals surface area contributed by atoms with Crippen molar-refractivity contribution in [2.45, 2.75) is 0 Å². The van der Waals surface area contributed by atoms with E-state index >= 15 is 0 Å². The molecule has 7 nitrogen and oxygen atoms in total. The second-order valence-corrected chi connectivity index (χ2v) is 6.01. The summed E-state index contributed by atoms with van der Waals surface area (Å²) in [6, 6.07) is 9.91. The number of nitro groups is 1. The lowest BCUT2D eigenvalue weighted by Crippen LogP contribution is -2.28. The van der Waals surface area contributed by atoms with Crippen LogP contribution in [0.25, 0.3) is 16.5 Å². The van der Waals surface area contributed by atoms with Crippen molar-refractivity contribution in [3.8, 4) is 22.8 Å². The third-order valence-electron chi connectivity index (χ3n) is 3.11. The molecule has 0 bridgehead atoms. The number of amides is 1. The molecule has 0 aliphatic rings. The number of benzene rings is 1. The summed E-state index contributed by atoms with van der Waals surface area (Å²) in [5.74, 6) is 1.07. The van der Waals surface area contributed by atoms with E-state index in [1.54, 1.807) is 30.3 Å². The van der Waals surface area contributed by atoms with Gasteiger partial charge in [-0.15, -0.1) is 17.8 Å². The van der Waals surface area contributed by atoms with Crippen molar-refractivity contribution in [1.82, 2.24) is 5.32 Å². The van der Waals surface area contributed by atoms with E-state index in [-0.39, 0.29) is 12.2 Å². The van der Waals surface area contributed by atoms with E-state index in [1.165, 1.54) is 29.6 Å². The van der Waals surface area contributed by atoms with Crippen LogP contribution in [-0.4, -0.2) is 30.0 Å². The molecule has 0 aliphatic heterocycles. The van der Waals surface area contributed by atoms with Gasteiger partial charge in [0.2, 0.25) is 0 Å². The third kappa shape index (κ3) is 5.29. The second-order valence-electron chi connectivity index (χ2n) is 4.90. The summed E-state index contributed by atoms with van der Waals surface area (Å²) in [7, 11) is 0. The highest BCUT2D eigenvalue weighted by Crippen LogP contribution is 2.34. The zero-order valence-electron chi connectivity index (χ0n) is 13.5. The number of nitrogens with one attached hydrogen (secondary N) is 1. The minimum atomic E-state index is -0.679. The molecule has 1 amide bonds. The van der Waals surface area contributed by atoms with Crippen LogP contribution in [0.3, 0.4) is 0 Å². The van der Waals surface area contributed by atoms with Crippen LogP contribution in [0.1, 0.15) is 4.88 Å². The average molecular weight is 370 g/mol. The lowest BCUT2D eigenvalue weighted by Gasteiger charge is -2.01. The number of carbonyl (C=O) groups excluding carboxylic acids is 2. The van der Waals surface area contributed by atoms with Gasteiger partial charge in [-0.2, -0.15) is 0 Å². The highest BCUT2D eigenvalue weighted by atomic mass is 32.1. The second kappa shape index (κ2) is 9.15. The Morgan fingerprint density at radius 1 is 1.31 bits per heavy atom. The maximum atomic E-state index is 11.6. The van der Waals surface area contributed by atoms with Gasteiger partial charge in [0.05, 0.1) is 17.0 Å². The fourth-order valence-electron chi connectivity index (χ4n) is 1.96. The zero-order valence-corrected chi connectivity index (χ0v) is 14.3. The lowest BCUT2D eigenvalue weighted by molar-refractivity contribution is -0.384. The highest BCUT2D eigenvalue weighted by molar-refractivity contribution is 7.16. The quantitative estimate of drug-likeness (QED) is 0.266. The monoisotopic (exact) mass is 370 g/mol. The lowest BCUT2D eigenvalue weighted by atomic mass is 10.1. The Hall–Kier alpha value is -3.44. The van der Waals surface area contributed by atoms with Crippen LogP contribution < -0.4 is 5.32 Å². The van der Waals surface area contributed by atoms with Crippen molar-refractivity contribution in [3.05, 3.63) is 57.5 Å². The smallest absolute Gasteiger partial charge is 0.331 e. The first-order valence-electron chi connectivity index (χ1n) is 7.40. The predicted octanol–water partition coefficient (Wildman–Crippen LogP) is 2.63. The van der Waals surface area contributed by atoms with Crippen molar-refractivity contribution in [3.63, 3.8) is 0 Å². The maximum absolute atomic E-state index is 11.6. The SMILES string of the molecule is C#CCNC(=O)COC(=O)C=Cc1ccc(-c2ccccc2[N+](=O)[O-])s1. The van der Waals surface area contributed by atoms with Gasteiger partial charge in [0.25, 0.3) is 11.6 Å². The summed E-state index contributed by atoms with van der Waals surface area (Å²) >= 11 is 1.29. The van der Waals surface area contributed by atoms with Crippen molar-refractivity contribution in [2.24, 2.45) is 0 Å². The molecule has 0 spiro atoms. The first-order chi connectivity index (χ1) is 12.5. The molecule has 0 unspecified atom stereocenters. The molecular formula is C18H14N2O5S. The summed E-state index contributed by atoms with van der Waals surface area (Å²) in [4.78, 5) is 35.0. The number of hydrogen-bond acceptors (Lipinski definition) is 6. The van der Waals surface area contributed by atoms with Gasteiger partial charge in [0, 0.05) is 21.9 Å². The van der Waals surface area contributed by atoms with Crippen LogP contribution in [-0.2, 0) is 14.3 Å². The molecule has 0 saturated heterocycles. The summed E-state index contributed by atoms with van der Waals surface area (Å²) in [6.07, 6.45) is 7.70. The van der Waals surface area contributed by atoms with Crippen LogP contribution in [0, 0.1) is 22.5 Å². The van der Waals surface area contributed by atoms with Gasteiger partial charge in [0.1, 0.15) is 0 Å². The molecule has 1 heterocycles. The molecule has 0 atom stereocenters. The minimum absolute atomic E-state index is 0.0160. The van der Waals surface area contributed by atoms with E-state index in [0.717, 1.165) is 0 Å². The largest absolute Gasteiger partial charge is 0.452 e. The number of rotatable bonds is 7. The van der Waals surface area contributed by atoms with Crippen molar-refractivity contribution >= 4 is 35.0 Å². The fraction of sp³-hybridized carbons (Fsp3) is 0.111. The van der Waals surface area contributed by atoms with Crippen LogP contribution in [0.5, 0.6) is 0 Å². The summed E-state index contributed by atoms with van der Waals surface area (Å²) < 4.78 is 4.77. The standard InChI is InChI=1S/C18H14N2O5S/c1-2-11-19-17(21)12-25-18(22)10-8-13-7-9-16(26-13)14-5-3-4-6-15(14)20(23)24/h1,3-10H,11-12H2,(H,19,21). The summed E-state index contributed by atoms with van der Waals surface area (Å²) in [5.41, 5.74) is 0.525. The Kier molecular flexibility index (Phi) is 6.65. The predicted molar refractivity (Wildman–Crippen MR) is 98.2 cm³/mol. The van der Waals surface area contributed by atoms with Crippen LogP contribution in [0.15, 0.2) is 42.5 Å².